The predicted molar refractivity (Wildman–Crippen MR) is 254 cm³/mol. The van der Waals surface area contributed by atoms with Gasteiger partial charge in [0.15, 0.2) is 0 Å². The molecule has 5 aromatic carbocycles. The van der Waals surface area contributed by atoms with Crippen LogP contribution in [-0.4, -0.2) is 37.0 Å². The zero-order chi connectivity index (χ0) is 40.3. The van der Waals surface area contributed by atoms with Crippen LogP contribution < -0.4 is 4.90 Å². The van der Waals surface area contributed by atoms with Crippen molar-refractivity contribution >= 4 is 52.3 Å². The van der Waals surface area contributed by atoms with Crippen LogP contribution in [0.25, 0.3) is 22.3 Å². The van der Waals surface area contributed by atoms with E-state index in [0.717, 1.165) is 22.6 Å². The number of nitrogens with zero attached hydrogens (tertiary/aromatic N) is 1. The summed E-state index contributed by atoms with van der Waals surface area (Å²) in [5.74, 6) is 2.51. The summed E-state index contributed by atoms with van der Waals surface area (Å²) in [5, 5.41) is 0. The minimum atomic E-state index is -0.0752. The van der Waals surface area contributed by atoms with Crippen LogP contribution in [0.1, 0.15) is 97.1 Å². The van der Waals surface area contributed by atoms with E-state index >= 15 is 0 Å². The van der Waals surface area contributed by atoms with Gasteiger partial charge in [0.1, 0.15) is 0 Å². The van der Waals surface area contributed by atoms with Gasteiger partial charge in [-0.05, 0) is 106 Å². The minimum absolute atomic E-state index is 0.0752. The summed E-state index contributed by atoms with van der Waals surface area (Å²) in [6.45, 7) is 23.1. The summed E-state index contributed by atoms with van der Waals surface area (Å²) >= 11 is 4.23. The molecule has 7 rings (SSSR count). The maximum absolute atomic E-state index is 7.57. The standard InChI is InChI=1S/C38H30N.2C6H15P.HI.Pt/c1-6-25-15-17-26(18-16-25)39(27-19-21-31-29-11-7-9-13-33(29)37(2,3)35(31)23-27)28-20-22-32-30-12-8-10-14-34(30)38(4,5)36(32)24-28;2*1-4-7(5-2)6-3;;/h7-24H,2-5H3;2*4-6H2,1-3H3;1H;/q-1;;;;+2/p-1. The number of hydrogen-bond donors (Lipinski definition) is 0. The molecular formula is C50H60INP2Pt. The Morgan fingerprint density at radius 1 is 0.491 bits per heavy atom. The fraction of sp³-hybridized carbons (Fsp3) is 0.360. The van der Waals surface area contributed by atoms with Crippen LogP contribution in [0.4, 0.5) is 17.1 Å². The number of anilines is 3. The molecule has 2 aliphatic carbocycles. The number of hydrogen-bond acceptors (Lipinski definition) is 1. The Morgan fingerprint density at radius 2 is 0.818 bits per heavy atom. The number of halogens is 1. The summed E-state index contributed by atoms with van der Waals surface area (Å²) in [6.07, 6.45) is 16.1. The molecular weight excluding hydrogens is 998 g/mol. The van der Waals surface area contributed by atoms with E-state index in [-0.39, 0.29) is 10.8 Å². The summed E-state index contributed by atoms with van der Waals surface area (Å²) in [6, 6.07) is 39.5. The van der Waals surface area contributed by atoms with Crippen molar-refractivity contribution in [3.05, 3.63) is 143 Å². The normalized spacial score (nSPS) is 13.4. The number of rotatable bonds is 9. The Hall–Kier alpha value is -2.26. The Balaban J connectivity index is 0.000000357. The monoisotopic (exact) mass is 1060 g/mol. The molecule has 0 fully saturated rings. The molecule has 5 aromatic rings. The molecule has 0 unspecified atom stereocenters. The van der Waals surface area contributed by atoms with Crippen LogP contribution in [0.5, 0.6) is 0 Å². The maximum atomic E-state index is 7.57. The zero-order valence-corrected chi connectivity index (χ0v) is 40.9. The molecule has 0 amide bonds. The second kappa shape index (κ2) is 20.9. The SMILES string of the molecule is CCP(CC)CC.CCP(CC)CC.[C-]#Cc1ccc(N(c2ccc3c(c2)C(C)(C)c2ccccc2-3)c2ccc3c(c2)C(C)(C)c2ccccc2-3)cc1.[I][Pt+]. The van der Waals surface area contributed by atoms with Crippen molar-refractivity contribution in [2.24, 2.45) is 0 Å². The number of fused-ring (bicyclic) bond motifs is 6. The van der Waals surface area contributed by atoms with E-state index in [1.165, 1.54) is 81.5 Å². The second-order valence-electron chi connectivity index (χ2n) is 15.0. The summed E-state index contributed by atoms with van der Waals surface area (Å²) in [5.41, 5.74) is 14.7. The van der Waals surface area contributed by atoms with E-state index in [1.807, 2.05) is 12.1 Å². The average Bonchev–Trinajstić information content (AvgIpc) is 3.60. The van der Waals surface area contributed by atoms with Crippen LogP contribution >= 0.6 is 35.2 Å². The molecule has 0 N–H and O–H groups in total. The molecule has 5 heteroatoms. The Kier molecular flexibility index (Phi) is 17.3. The van der Waals surface area contributed by atoms with Gasteiger partial charge in [0.05, 0.1) is 0 Å². The first-order valence-electron chi connectivity index (χ1n) is 19.9. The Labute approximate surface area is 359 Å². The molecule has 0 atom stereocenters. The first-order valence-corrected chi connectivity index (χ1v) is 30.1. The van der Waals surface area contributed by atoms with Crippen molar-refractivity contribution in [1.82, 2.24) is 0 Å². The average molecular weight is 1060 g/mol. The first kappa shape index (κ1) is 45.4. The van der Waals surface area contributed by atoms with Crippen molar-refractivity contribution in [2.75, 3.05) is 41.9 Å². The van der Waals surface area contributed by atoms with E-state index in [0.29, 0.717) is 15.8 Å². The third-order valence-electron chi connectivity index (χ3n) is 11.6. The molecule has 0 bridgehead atoms. The van der Waals surface area contributed by atoms with Gasteiger partial charge in [-0.1, -0.05) is 142 Å². The van der Waals surface area contributed by atoms with Crippen LogP contribution in [0.3, 0.4) is 0 Å². The van der Waals surface area contributed by atoms with Crippen molar-refractivity contribution in [3.8, 4) is 28.2 Å². The molecule has 0 aliphatic heterocycles. The van der Waals surface area contributed by atoms with Gasteiger partial charge in [-0.25, -0.2) is 0 Å². The first-order chi connectivity index (χ1) is 26.5. The van der Waals surface area contributed by atoms with E-state index < -0.39 is 0 Å². The van der Waals surface area contributed by atoms with Crippen molar-refractivity contribution in [3.63, 3.8) is 0 Å². The molecule has 1 nitrogen and oxygen atoms in total. The Bertz CT molecular complexity index is 1910. The van der Waals surface area contributed by atoms with Crippen molar-refractivity contribution < 1.29 is 16.1 Å². The van der Waals surface area contributed by atoms with Gasteiger partial charge in [0.25, 0.3) is 0 Å². The van der Waals surface area contributed by atoms with Gasteiger partial charge in [-0.15, -0.1) is 33.5 Å². The van der Waals surface area contributed by atoms with Crippen molar-refractivity contribution in [1.29, 1.82) is 0 Å². The van der Waals surface area contributed by atoms with Gasteiger partial charge >= 0.3 is 35.5 Å². The van der Waals surface area contributed by atoms with E-state index in [4.69, 9.17) is 6.42 Å². The topological polar surface area (TPSA) is 3.24 Å². The van der Waals surface area contributed by atoms with Gasteiger partial charge in [-0.2, -0.15) is 0 Å². The van der Waals surface area contributed by atoms with Gasteiger partial charge in [0.2, 0.25) is 0 Å². The van der Waals surface area contributed by atoms with Crippen LogP contribution in [0.2, 0.25) is 0 Å². The van der Waals surface area contributed by atoms with Gasteiger partial charge in [-0.3, -0.25) is 5.92 Å². The summed E-state index contributed by atoms with van der Waals surface area (Å²) in [4.78, 5) is 2.35. The number of benzene rings is 5. The fourth-order valence-corrected chi connectivity index (χ4v) is 10.8. The molecule has 2 aliphatic rings. The molecule has 0 heterocycles. The third kappa shape index (κ3) is 9.89. The predicted octanol–water partition coefficient (Wildman–Crippen LogP) is 15.6. The quantitative estimate of drug-likeness (QED) is 0.0615. The van der Waals surface area contributed by atoms with E-state index in [1.54, 1.807) is 0 Å². The van der Waals surface area contributed by atoms with Crippen LogP contribution in [0, 0.1) is 12.3 Å². The molecule has 55 heavy (non-hydrogen) atoms. The summed E-state index contributed by atoms with van der Waals surface area (Å²) < 4.78 is 0. The van der Waals surface area contributed by atoms with E-state index in [9.17, 15) is 0 Å². The summed E-state index contributed by atoms with van der Waals surface area (Å²) in [7, 11) is 0.892. The molecule has 0 saturated heterocycles. The van der Waals surface area contributed by atoms with Gasteiger partial charge in [0, 0.05) is 27.9 Å². The van der Waals surface area contributed by atoms with Gasteiger partial charge < -0.3 is 11.3 Å². The van der Waals surface area contributed by atoms with E-state index in [2.05, 4.69) is 213 Å². The van der Waals surface area contributed by atoms with Crippen LogP contribution in [-0.2, 0) is 27.0 Å². The fourth-order valence-electron chi connectivity index (χ4n) is 8.15. The molecule has 0 saturated carbocycles. The molecule has 0 spiro atoms. The molecule has 0 aromatic heterocycles. The molecule has 0 radical (unpaired) electrons. The van der Waals surface area contributed by atoms with Crippen molar-refractivity contribution in [2.45, 2.75) is 80.1 Å². The molecule has 292 valence electrons. The zero-order valence-electron chi connectivity index (χ0n) is 34.7. The Morgan fingerprint density at radius 3 is 1.15 bits per heavy atom. The second-order valence-corrected chi connectivity index (χ2v) is 21.5. The third-order valence-corrected chi connectivity index (χ3v) is 17.0. The van der Waals surface area contributed by atoms with Crippen LogP contribution in [0.15, 0.2) is 109 Å².